The molecule has 0 radical (unpaired) electrons. The van der Waals surface area contributed by atoms with Crippen molar-refractivity contribution in [2.24, 2.45) is 10.9 Å². The highest BCUT2D eigenvalue weighted by molar-refractivity contribution is 5.83. The summed E-state index contributed by atoms with van der Waals surface area (Å²) in [5.74, 6) is 1.60. The number of guanidine groups is 1. The van der Waals surface area contributed by atoms with Gasteiger partial charge in [-0.25, -0.2) is 4.99 Å². The van der Waals surface area contributed by atoms with Crippen LogP contribution in [0.5, 0.6) is 0 Å². The van der Waals surface area contributed by atoms with Gasteiger partial charge in [-0.15, -0.1) is 0 Å². The van der Waals surface area contributed by atoms with Gasteiger partial charge in [-0.3, -0.25) is 0 Å². The lowest BCUT2D eigenvalue weighted by atomic mass is 10.0. The van der Waals surface area contributed by atoms with Crippen LogP contribution in [-0.2, 0) is 6.42 Å². The Morgan fingerprint density at radius 2 is 1.76 bits per heavy atom. The minimum atomic E-state index is 0.703. The van der Waals surface area contributed by atoms with E-state index in [1.54, 1.807) is 0 Å². The molecule has 0 unspecified atom stereocenters. The molecule has 1 saturated heterocycles. The summed E-state index contributed by atoms with van der Waals surface area (Å²) in [7, 11) is 0. The molecule has 2 rings (SSSR count). The summed E-state index contributed by atoms with van der Waals surface area (Å²) in [5, 5.41) is 6.51. The lowest BCUT2D eigenvalue weighted by molar-refractivity contribution is 0.647. The highest BCUT2D eigenvalue weighted by Crippen LogP contribution is 2.15. The fraction of sp³-hybridized carbons (Fsp3) is 0.500. The predicted octanol–water partition coefficient (Wildman–Crippen LogP) is 2.46. The second-order valence-electron chi connectivity index (χ2n) is 4.93. The van der Waals surface area contributed by atoms with E-state index in [4.69, 9.17) is 0 Å². The summed E-state index contributed by atoms with van der Waals surface area (Å²) in [6.45, 7) is 6.50. The number of nitrogens with one attached hydrogen (secondary N) is 2. The van der Waals surface area contributed by atoms with Gasteiger partial charge in [0.15, 0.2) is 5.96 Å². The molecule has 0 amide bonds. The average molecular weight is 231 g/mol. The van der Waals surface area contributed by atoms with E-state index in [0.29, 0.717) is 5.92 Å². The maximum Gasteiger partial charge on any atom is 0.196 e. The zero-order valence-corrected chi connectivity index (χ0v) is 10.7. The molecule has 2 N–H and O–H groups in total. The minimum absolute atomic E-state index is 0.703. The van der Waals surface area contributed by atoms with E-state index in [9.17, 15) is 0 Å². The summed E-state index contributed by atoms with van der Waals surface area (Å²) in [5.41, 5.74) is 2.39. The van der Waals surface area contributed by atoms with E-state index in [1.807, 2.05) is 0 Å². The molecular weight excluding hydrogens is 210 g/mol. The third-order valence-corrected chi connectivity index (χ3v) is 2.76. The van der Waals surface area contributed by atoms with Crippen molar-refractivity contribution in [3.63, 3.8) is 0 Å². The highest BCUT2D eigenvalue weighted by Gasteiger charge is 2.04. The van der Waals surface area contributed by atoms with Crippen molar-refractivity contribution in [1.29, 1.82) is 0 Å². The molecule has 1 fully saturated rings. The molecule has 92 valence electrons. The normalized spacial score (nSPS) is 15.4. The topological polar surface area (TPSA) is 36.4 Å². The number of aliphatic imine (C=N–C) groups is 1. The molecule has 1 aliphatic heterocycles. The van der Waals surface area contributed by atoms with Crippen molar-refractivity contribution >= 4 is 11.6 Å². The monoisotopic (exact) mass is 231 g/mol. The second-order valence-corrected chi connectivity index (χ2v) is 4.93. The molecule has 0 atom stereocenters. The third kappa shape index (κ3) is 3.77. The number of hydrogen-bond acceptors (Lipinski definition) is 1. The van der Waals surface area contributed by atoms with Crippen molar-refractivity contribution in [3.05, 3.63) is 29.8 Å². The first-order chi connectivity index (χ1) is 8.24. The Hall–Kier alpha value is -1.51. The zero-order chi connectivity index (χ0) is 12.1. The lowest BCUT2D eigenvalue weighted by Gasteiger charge is -2.17. The largest absolute Gasteiger partial charge is 0.356 e. The molecule has 3 nitrogen and oxygen atoms in total. The first kappa shape index (κ1) is 12.0. The molecular formula is C14H21N3. The zero-order valence-electron chi connectivity index (χ0n) is 10.7. The SMILES string of the molecule is CC(C)Cc1ccc(N=C2NCCCN2)cc1. The number of benzene rings is 1. The first-order valence-corrected chi connectivity index (χ1v) is 6.39. The summed E-state index contributed by atoms with van der Waals surface area (Å²) in [6, 6.07) is 8.51. The van der Waals surface area contributed by atoms with Crippen molar-refractivity contribution in [1.82, 2.24) is 10.6 Å². The Balaban J connectivity index is 2.02. The van der Waals surface area contributed by atoms with Gasteiger partial charge in [-0.2, -0.15) is 0 Å². The highest BCUT2D eigenvalue weighted by atomic mass is 15.2. The van der Waals surface area contributed by atoms with Gasteiger partial charge in [0.2, 0.25) is 0 Å². The summed E-state index contributed by atoms with van der Waals surface area (Å²) < 4.78 is 0. The van der Waals surface area contributed by atoms with Gasteiger partial charge >= 0.3 is 0 Å². The first-order valence-electron chi connectivity index (χ1n) is 6.39. The van der Waals surface area contributed by atoms with E-state index in [-0.39, 0.29) is 0 Å². The van der Waals surface area contributed by atoms with Crippen LogP contribution in [0.25, 0.3) is 0 Å². The van der Waals surface area contributed by atoms with Crippen LogP contribution in [0.1, 0.15) is 25.8 Å². The van der Waals surface area contributed by atoms with E-state index >= 15 is 0 Å². The van der Waals surface area contributed by atoms with Gasteiger partial charge in [-0.05, 0) is 36.5 Å². The minimum Gasteiger partial charge on any atom is -0.356 e. The van der Waals surface area contributed by atoms with E-state index in [2.05, 4.69) is 53.7 Å². The fourth-order valence-electron chi connectivity index (χ4n) is 1.95. The van der Waals surface area contributed by atoms with Crippen LogP contribution in [0, 0.1) is 5.92 Å². The van der Waals surface area contributed by atoms with Crippen molar-refractivity contribution in [3.8, 4) is 0 Å². The smallest absolute Gasteiger partial charge is 0.196 e. The lowest BCUT2D eigenvalue weighted by Crippen LogP contribution is -2.43. The molecule has 0 aromatic heterocycles. The maximum atomic E-state index is 4.53. The van der Waals surface area contributed by atoms with Crippen LogP contribution in [-0.4, -0.2) is 19.0 Å². The predicted molar refractivity (Wildman–Crippen MR) is 72.7 cm³/mol. The van der Waals surface area contributed by atoms with Gasteiger partial charge < -0.3 is 10.6 Å². The van der Waals surface area contributed by atoms with Crippen molar-refractivity contribution in [2.45, 2.75) is 26.7 Å². The Kier molecular flexibility index (Phi) is 4.02. The van der Waals surface area contributed by atoms with Crippen LogP contribution in [0.3, 0.4) is 0 Å². The standard InChI is InChI=1S/C14H21N3/c1-11(2)10-12-4-6-13(7-5-12)17-14-15-8-3-9-16-14/h4-7,11H,3,8-10H2,1-2H3,(H2,15,16,17). The Bertz CT molecular complexity index is 371. The fourth-order valence-corrected chi connectivity index (χ4v) is 1.95. The molecule has 3 heteroatoms. The summed E-state index contributed by atoms with van der Waals surface area (Å²) in [6.07, 6.45) is 2.29. The molecule has 0 saturated carbocycles. The van der Waals surface area contributed by atoms with Gasteiger partial charge in [0.25, 0.3) is 0 Å². The quantitative estimate of drug-likeness (QED) is 0.838. The van der Waals surface area contributed by atoms with Gasteiger partial charge in [0, 0.05) is 13.1 Å². The molecule has 1 heterocycles. The van der Waals surface area contributed by atoms with Crippen LogP contribution in [0.4, 0.5) is 5.69 Å². The molecule has 1 aromatic rings. The molecule has 0 spiro atoms. The van der Waals surface area contributed by atoms with Crippen LogP contribution >= 0.6 is 0 Å². The number of nitrogens with zero attached hydrogens (tertiary/aromatic N) is 1. The summed E-state index contributed by atoms with van der Waals surface area (Å²) in [4.78, 5) is 4.53. The molecule has 17 heavy (non-hydrogen) atoms. The van der Waals surface area contributed by atoms with Gasteiger partial charge in [-0.1, -0.05) is 26.0 Å². The Labute approximate surface area is 103 Å². The molecule has 1 aliphatic rings. The number of hydrogen-bond donors (Lipinski definition) is 2. The van der Waals surface area contributed by atoms with Gasteiger partial charge in [0.05, 0.1) is 5.69 Å². The summed E-state index contributed by atoms with van der Waals surface area (Å²) >= 11 is 0. The Morgan fingerprint density at radius 1 is 1.12 bits per heavy atom. The van der Waals surface area contributed by atoms with Crippen LogP contribution in [0.15, 0.2) is 29.3 Å². The van der Waals surface area contributed by atoms with Crippen molar-refractivity contribution < 1.29 is 0 Å². The number of rotatable bonds is 3. The molecule has 0 bridgehead atoms. The van der Waals surface area contributed by atoms with E-state index in [0.717, 1.165) is 37.6 Å². The van der Waals surface area contributed by atoms with Crippen molar-refractivity contribution in [2.75, 3.05) is 13.1 Å². The second kappa shape index (κ2) is 5.71. The molecule has 1 aromatic carbocycles. The maximum absolute atomic E-state index is 4.53. The molecule has 0 aliphatic carbocycles. The van der Waals surface area contributed by atoms with E-state index in [1.165, 1.54) is 5.56 Å². The average Bonchev–Trinajstić information content (AvgIpc) is 2.32. The third-order valence-electron chi connectivity index (χ3n) is 2.76. The van der Waals surface area contributed by atoms with Gasteiger partial charge in [0.1, 0.15) is 0 Å². The van der Waals surface area contributed by atoms with E-state index < -0.39 is 0 Å². The van der Waals surface area contributed by atoms with Crippen LogP contribution < -0.4 is 10.6 Å². The Morgan fingerprint density at radius 3 is 2.35 bits per heavy atom. The van der Waals surface area contributed by atoms with Crippen LogP contribution in [0.2, 0.25) is 0 Å².